The van der Waals surface area contributed by atoms with E-state index in [4.69, 9.17) is 0 Å². The third kappa shape index (κ3) is 1.79. The van der Waals surface area contributed by atoms with Crippen molar-refractivity contribution >= 4 is 17.9 Å². The van der Waals surface area contributed by atoms with Gasteiger partial charge in [-0.3, -0.25) is 9.59 Å². The van der Waals surface area contributed by atoms with Crippen molar-refractivity contribution in [1.29, 1.82) is 0 Å². The van der Waals surface area contributed by atoms with Crippen molar-refractivity contribution in [3.05, 3.63) is 0 Å². The van der Waals surface area contributed by atoms with Crippen molar-refractivity contribution in [2.45, 2.75) is 70.3 Å². The van der Waals surface area contributed by atoms with Gasteiger partial charge in [0.2, 0.25) is 0 Å². The van der Waals surface area contributed by atoms with Gasteiger partial charge in [-0.2, -0.15) is 0 Å². The molecule has 0 unspecified atom stereocenters. The molecular weight excluding hydrogens is 292 g/mol. The van der Waals surface area contributed by atoms with E-state index >= 15 is 0 Å². The first-order valence-electron chi connectivity index (χ1n) is 9.10. The first-order chi connectivity index (χ1) is 10.9. The first kappa shape index (κ1) is 15.5. The molecule has 4 aliphatic rings. The van der Waals surface area contributed by atoms with Crippen LogP contribution in [0.2, 0.25) is 0 Å². The molecule has 4 rings (SSSR count). The molecule has 0 saturated heterocycles. The van der Waals surface area contributed by atoms with Gasteiger partial charge < -0.3 is 9.90 Å². The lowest BCUT2D eigenvalue weighted by Gasteiger charge is -2.61. The summed E-state index contributed by atoms with van der Waals surface area (Å²) in [6.45, 7) is 2.11. The zero-order valence-corrected chi connectivity index (χ0v) is 13.8. The molecule has 0 radical (unpaired) electrons. The van der Waals surface area contributed by atoms with Crippen LogP contribution in [0.1, 0.15) is 64.7 Å². The minimum atomic E-state index is -1.15. The minimum absolute atomic E-state index is 0.0834. The van der Waals surface area contributed by atoms with Gasteiger partial charge in [0, 0.05) is 24.7 Å². The summed E-state index contributed by atoms with van der Waals surface area (Å²) >= 11 is 0. The maximum absolute atomic E-state index is 12.4. The molecule has 0 aromatic rings. The van der Waals surface area contributed by atoms with Crippen LogP contribution < -0.4 is 0 Å². The van der Waals surface area contributed by atoms with Crippen molar-refractivity contribution in [3.63, 3.8) is 0 Å². The summed E-state index contributed by atoms with van der Waals surface area (Å²) in [4.78, 5) is 36.5. The average Bonchev–Trinajstić information content (AvgIpc) is 2.82. The highest BCUT2D eigenvalue weighted by molar-refractivity contribution is 5.87. The van der Waals surface area contributed by atoms with E-state index < -0.39 is 11.0 Å². The van der Waals surface area contributed by atoms with E-state index in [-0.39, 0.29) is 23.5 Å². The van der Waals surface area contributed by atoms with Crippen molar-refractivity contribution in [1.82, 2.24) is 0 Å². The Bertz CT molecular complexity index is 584. The summed E-state index contributed by atoms with van der Waals surface area (Å²) in [5.41, 5.74) is -2.14. The first-order valence-corrected chi connectivity index (χ1v) is 9.10. The smallest absolute Gasteiger partial charge is 0.139 e. The molecule has 0 aromatic carbocycles. The lowest BCUT2D eigenvalue weighted by Crippen LogP contribution is -2.64. The van der Waals surface area contributed by atoms with E-state index in [9.17, 15) is 19.5 Å². The number of fused-ring (bicyclic) bond motifs is 5. The van der Waals surface area contributed by atoms with E-state index in [2.05, 4.69) is 6.92 Å². The summed E-state index contributed by atoms with van der Waals surface area (Å²) in [6.07, 6.45) is 6.65. The van der Waals surface area contributed by atoms with Gasteiger partial charge in [0.25, 0.3) is 0 Å². The number of ketones is 2. The highest BCUT2D eigenvalue weighted by Crippen LogP contribution is 2.65. The molecule has 6 atom stereocenters. The van der Waals surface area contributed by atoms with Gasteiger partial charge in [-0.15, -0.1) is 0 Å². The van der Waals surface area contributed by atoms with Crippen molar-refractivity contribution in [2.24, 2.45) is 28.6 Å². The molecule has 4 fully saturated rings. The van der Waals surface area contributed by atoms with Crippen molar-refractivity contribution in [2.75, 3.05) is 0 Å². The highest BCUT2D eigenvalue weighted by Gasteiger charge is 2.66. The van der Waals surface area contributed by atoms with E-state index in [0.717, 1.165) is 32.0 Å². The summed E-state index contributed by atoms with van der Waals surface area (Å²) in [6, 6.07) is 0. The second kappa shape index (κ2) is 4.75. The van der Waals surface area contributed by atoms with E-state index in [0.29, 0.717) is 43.3 Å². The maximum Gasteiger partial charge on any atom is 0.139 e. The van der Waals surface area contributed by atoms with Gasteiger partial charge in [-0.25, -0.2) is 0 Å². The van der Waals surface area contributed by atoms with E-state index in [1.807, 2.05) is 0 Å². The second-order valence-corrected chi connectivity index (χ2v) is 8.74. The summed E-state index contributed by atoms with van der Waals surface area (Å²) in [5, 5.41) is 11.2. The molecule has 0 amide bonds. The Hall–Kier alpha value is -1.03. The summed E-state index contributed by atoms with van der Waals surface area (Å²) in [5.74, 6) is 1.31. The maximum atomic E-state index is 12.4. The Balaban J connectivity index is 1.74. The molecule has 0 aliphatic heterocycles. The molecule has 4 saturated carbocycles. The molecule has 126 valence electrons. The average molecular weight is 318 g/mol. The minimum Gasteiger partial charge on any atom is -0.388 e. The van der Waals surface area contributed by atoms with E-state index in [1.54, 1.807) is 0 Å². The van der Waals surface area contributed by atoms with Crippen molar-refractivity contribution < 1.29 is 19.5 Å². The van der Waals surface area contributed by atoms with Gasteiger partial charge in [0.1, 0.15) is 17.9 Å². The molecule has 0 bridgehead atoms. The van der Waals surface area contributed by atoms with Crippen LogP contribution >= 0.6 is 0 Å². The van der Waals surface area contributed by atoms with Crippen LogP contribution in [0.5, 0.6) is 0 Å². The Morgan fingerprint density at radius 2 is 1.83 bits per heavy atom. The highest BCUT2D eigenvalue weighted by atomic mass is 16.3. The quantitative estimate of drug-likeness (QED) is 0.754. The number of aliphatic hydroxyl groups is 1. The van der Waals surface area contributed by atoms with Gasteiger partial charge in [-0.05, 0) is 56.3 Å². The normalized spacial score (nSPS) is 52.5. The standard InChI is InChI=1S/C19H26O4/c1-17-7-6-15-13(14(17)2-3-16(17)22)5-9-19(23)10-12(21)4-8-18(15,19)11-20/h11,13-15,23H,2-10H2,1H3/t13-,14-,15-,17-,18-,19-/m0/s1. The zero-order valence-electron chi connectivity index (χ0n) is 13.8. The number of rotatable bonds is 1. The van der Waals surface area contributed by atoms with Crippen LogP contribution in [0.15, 0.2) is 0 Å². The van der Waals surface area contributed by atoms with Crippen LogP contribution in [0.3, 0.4) is 0 Å². The molecule has 1 N–H and O–H groups in total. The number of hydrogen-bond acceptors (Lipinski definition) is 4. The lowest BCUT2D eigenvalue weighted by molar-refractivity contribution is -0.200. The Morgan fingerprint density at radius 3 is 2.57 bits per heavy atom. The predicted molar refractivity (Wildman–Crippen MR) is 83.6 cm³/mol. The number of carbonyl (C=O) groups is 3. The Kier molecular flexibility index (Phi) is 3.20. The topological polar surface area (TPSA) is 71.4 Å². The van der Waals surface area contributed by atoms with Crippen molar-refractivity contribution in [3.8, 4) is 0 Å². The monoisotopic (exact) mass is 318 g/mol. The zero-order chi connectivity index (χ0) is 16.5. The molecule has 4 heteroatoms. The third-order valence-corrected chi connectivity index (χ3v) is 8.08. The number of aldehydes is 1. The van der Waals surface area contributed by atoms with Crippen LogP contribution in [-0.2, 0) is 14.4 Å². The van der Waals surface area contributed by atoms with Gasteiger partial charge >= 0.3 is 0 Å². The third-order valence-electron chi connectivity index (χ3n) is 8.08. The Labute approximate surface area is 137 Å². The van der Waals surface area contributed by atoms with Crippen LogP contribution in [0.25, 0.3) is 0 Å². The number of hydrogen-bond donors (Lipinski definition) is 1. The number of Topliss-reactive ketones (excluding diaryl/α,β-unsaturated/α-hetero) is 2. The second-order valence-electron chi connectivity index (χ2n) is 8.74. The molecule has 23 heavy (non-hydrogen) atoms. The fourth-order valence-electron chi connectivity index (χ4n) is 6.77. The van der Waals surface area contributed by atoms with Crippen LogP contribution in [0, 0.1) is 28.6 Å². The summed E-state index contributed by atoms with van der Waals surface area (Å²) < 4.78 is 0. The molecule has 4 nitrogen and oxygen atoms in total. The fraction of sp³-hybridized carbons (Fsp3) is 0.842. The predicted octanol–water partition coefficient (Wildman–Crippen LogP) is 2.46. The molecule has 0 aromatic heterocycles. The van der Waals surface area contributed by atoms with Gasteiger partial charge in [0.05, 0.1) is 11.0 Å². The largest absolute Gasteiger partial charge is 0.388 e. The SMILES string of the molecule is C[C@]12CC[C@H]3[C@@H](CC[C@]4(O)CC(=O)CC[C@]34C=O)[C@@H]1CCC2=O. The van der Waals surface area contributed by atoms with Gasteiger partial charge in [-0.1, -0.05) is 6.92 Å². The van der Waals surface area contributed by atoms with E-state index in [1.165, 1.54) is 0 Å². The summed E-state index contributed by atoms with van der Waals surface area (Å²) in [7, 11) is 0. The number of carbonyl (C=O) groups excluding carboxylic acids is 3. The van der Waals surface area contributed by atoms with Crippen LogP contribution in [-0.4, -0.2) is 28.6 Å². The molecule has 0 heterocycles. The fourth-order valence-corrected chi connectivity index (χ4v) is 6.77. The molecule has 0 spiro atoms. The lowest BCUT2D eigenvalue weighted by atomic mass is 9.43. The Morgan fingerprint density at radius 1 is 1.04 bits per heavy atom. The molecule has 4 aliphatic carbocycles. The van der Waals surface area contributed by atoms with Gasteiger partial charge in [0.15, 0.2) is 0 Å². The molecular formula is C19H26O4. The van der Waals surface area contributed by atoms with Crippen LogP contribution in [0.4, 0.5) is 0 Å².